The lowest BCUT2D eigenvalue weighted by molar-refractivity contribution is -0.0715. The molecule has 4 nitrogen and oxygen atoms in total. The zero-order valence-corrected chi connectivity index (χ0v) is 14.7. The summed E-state index contributed by atoms with van der Waals surface area (Å²) in [5.41, 5.74) is -0.128. The summed E-state index contributed by atoms with van der Waals surface area (Å²) in [5.74, 6) is 0. The van der Waals surface area contributed by atoms with Gasteiger partial charge >= 0.3 is 6.09 Å². The van der Waals surface area contributed by atoms with Crippen LogP contribution in [0.4, 0.5) is 4.79 Å². The molecular weight excluding hydrogens is 290 g/mol. The number of carbonyl (C=O) groups excluding carboxylic acids is 1. The van der Waals surface area contributed by atoms with Gasteiger partial charge in [-0.25, -0.2) is 4.79 Å². The maximum absolute atomic E-state index is 12.7. The minimum absolute atomic E-state index is 0.139. The Morgan fingerprint density at radius 1 is 1.35 bits per heavy atom. The molecule has 0 unspecified atom stereocenters. The number of amides is 1. The first-order valence-corrected chi connectivity index (χ1v) is 8.01. The molecule has 2 rings (SSSR count). The van der Waals surface area contributed by atoms with Crippen molar-refractivity contribution in [3.63, 3.8) is 0 Å². The van der Waals surface area contributed by atoms with E-state index in [4.69, 9.17) is 9.47 Å². The lowest BCUT2D eigenvalue weighted by Crippen LogP contribution is -2.50. The summed E-state index contributed by atoms with van der Waals surface area (Å²) in [6.45, 7) is 13.2. The van der Waals surface area contributed by atoms with E-state index in [1.807, 2.05) is 52.8 Å². The van der Waals surface area contributed by atoms with E-state index in [9.17, 15) is 4.79 Å². The van der Waals surface area contributed by atoms with Gasteiger partial charge in [0.1, 0.15) is 11.3 Å². The predicted molar refractivity (Wildman–Crippen MR) is 91.2 cm³/mol. The van der Waals surface area contributed by atoms with Crippen molar-refractivity contribution in [1.82, 2.24) is 4.90 Å². The van der Waals surface area contributed by atoms with Crippen LogP contribution >= 0.6 is 0 Å². The highest BCUT2D eigenvalue weighted by molar-refractivity contribution is 5.70. The van der Waals surface area contributed by atoms with Crippen LogP contribution in [0.25, 0.3) is 0 Å². The van der Waals surface area contributed by atoms with Crippen LogP contribution < -0.4 is 0 Å². The molecular formula is C19H27NO3. The van der Waals surface area contributed by atoms with Crippen LogP contribution in [0.2, 0.25) is 0 Å². The van der Waals surface area contributed by atoms with Crippen LogP contribution in [0.15, 0.2) is 43.0 Å². The lowest BCUT2D eigenvalue weighted by Gasteiger charge is -2.35. The Morgan fingerprint density at radius 3 is 2.48 bits per heavy atom. The molecule has 1 amide bonds. The number of nitrogens with zero attached hydrogens (tertiary/aromatic N) is 1. The van der Waals surface area contributed by atoms with Crippen molar-refractivity contribution in [3.05, 3.63) is 48.6 Å². The van der Waals surface area contributed by atoms with Crippen molar-refractivity contribution in [2.45, 2.75) is 64.5 Å². The van der Waals surface area contributed by atoms with Crippen LogP contribution in [-0.4, -0.2) is 34.5 Å². The number of hydrogen-bond acceptors (Lipinski definition) is 3. The van der Waals surface area contributed by atoms with E-state index in [1.165, 1.54) is 0 Å². The molecule has 1 fully saturated rings. The summed E-state index contributed by atoms with van der Waals surface area (Å²) in [6, 6.07) is 9.94. The van der Waals surface area contributed by atoms with E-state index >= 15 is 0 Å². The maximum atomic E-state index is 12.7. The predicted octanol–water partition coefficient (Wildman–Crippen LogP) is 4.16. The standard InChI is InChI=1S/C19H27NO3/c1-7-16-15(13-14-11-9-8-10-12-14)20(19(5,6)22-16)17(21)23-18(2,3)4/h7-12,15-16H,1,13H2,2-6H3/t15-,16+/m0/s1. The first-order valence-electron chi connectivity index (χ1n) is 8.01. The van der Waals surface area contributed by atoms with Gasteiger partial charge in [0, 0.05) is 0 Å². The number of carbonyl (C=O) groups is 1. The normalized spacial score (nSPS) is 23.6. The van der Waals surface area contributed by atoms with Crippen LogP contribution in [0.1, 0.15) is 40.2 Å². The highest BCUT2D eigenvalue weighted by Crippen LogP contribution is 2.35. The van der Waals surface area contributed by atoms with Crippen LogP contribution in [0, 0.1) is 0 Å². The Morgan fingerprint density at radius 2 is 1.96 bits per heavy atom. The number of benzene rings is 1. The molecule has 23 heavy (non-hydrogen) atoms. The van der Waals surface area contributed by atoms with E-state index in [0.29, 0.717) is 6.42 Å². The maximum Gasteiger partial charge on any atom is 0.412 e. The number of rotatable bonds is 3. The fourth-order valence-corrected chi connectivity index (χ4v) is 2.95. The zero-order valence-electron chi connectivity index (χ0n) is 14.7. The smallest absolute Gasteiger partial charge is 0.412 e. The van der Waals surface area contributed by atoms with Crippen molar-refractivity contribution in [1.29, 1.82) is 0 Å². The SMILES string of the molecule is C=C[C@H]1OC(C)(C)N(C(=O)OC(C)(C)C)[C@H]1Cc1ccccc1. The molecule has 0 spiro atoms. The van der Waals surface area contributed by atoms with Gasteiger partial charge in [-0.2, -0.15) is 0 Å². The molecule has 2 atom stereocenters. The minimum atomic E-state index is -0.735. The molecule has 4 heteroatoms. The average molecular weight is 317 g/mol. The number of ether oxygens (including phenoxy) is 2. The fourth-order valence-electron chi connectivity index (χ4n) is 2.95. The van der Waals surface area contributed by atoms with Gasteiger partial charge in [0.25, 0.3) is 0 Å². The molecule has 126 valence electrons. The first-order chi connectivity index (χ1) is 10.6. The Hall–Kier alpha value is -1.81. The van der Waals surface area contributed by atoms with Gasteiger partial charge in [-0.1, -0.05) is 36.4 Å². The van der Waals surface area contributed by atoms with Gasteiger partial charge in [0.05, 0.1) is 12.1 Å². The molecule has 1 aromatic carbocycles. The molecule has 0 N–H and O–H groups in total. The highest BCUT2D eigenvalue weighted by atomic mass is 16.6. The third-order valence-corrected chi connectivity index (χ3v) is 3.83. The summed E-state index contributed by atoms with van der Waals surface area (Å²) in [6.07, 6.45) is 1.88. The molecule has 0 saturated carbocycles. The van der Waals surface area contributed by atoms with Crippen LogP contribution in [-0.2, 0) is 15.9 Å². The monoisotopic (exact) mass is 317 g/mol. The molecule has 1 aromatic rings. The van der Waals surface area contributed by atoms with Gasteiger partial charge in [-0.3, -0.25) is 4.90 Å². The minimum Gasteiger partial charge on any atom is -0.444 e. The van der Waals surface area contributed by atoms with E-state index in [2.05, 4.69) is 18.7 Å². The third-order valence-electron chi connectivity index (χ3n) is 3.83. The van der Waals surface area contributed by atoms with E-state index in [0.717, 1.165) is 5.56 Å². The summed E-state index contributed by atoms with van der Waals surface area (Å²) in [5, 5.41) is 0. The van der Waals surface area contributed by atoms with Gasteiger partial charge in [0.2, 0.25) is 0 Å². The largest absolute Gasteiger partial charge is 0.444 e. The topological polar surface area (TPSA) is 38.8 Å². The van der Waals surface area contributed by atoms with Crippen molar-refractivity contribution in [2.24, 2.45) is 0 Å². The summed E-state index contributed by atoms with van der Waals surface area (Å²) in [4.78, 5) is 14.4. The molecule has 0 bridgehead atoms. The van der Waals surface area contributed by atoms with Crippen molar-refractivity contribution in [2.75, 3.05) is 0 Å². The Bertz CT molecular complexity index is 560. The van der Waals surface area contributed by atoms with E-state index in [-0.39, 0.29) is 18.2 Å². The first kappa shape index (κ1) is 17.5. The second kappa shape index (κ2) is 6.36. The Balaban J connectivity index is 2.29. The summed E-state index contributed by atoms with van der Waals surface area (Å²) >= 11 is 0. The molecule has 1 aliphatic rings. The fraction of sp³-hybridized carbons (Fsp3) is 0.526. The second-order valence-corrected chi connectivity index (χ2v) is 7.37. The summed E-state index contributed by atoms with van der Waals surface area (Å²) in [7, 11) is 0. The van der Waals surface area contributed by atoms with Crippen LogP contribution in [0.3, 0.4) is 0 Å². The Kier molecular flexibility index (Phi) is 4.85. The average Bonchev–Trinajstić information content (AvgIpc) is 2.68. The molecule has 0 radical (unpaired) electrons. The van der Waals surface area contributed by atoms with Gasteiger partial charge in [-0.15, -0.1) is 6.58 Å². The van der Waals surface area contributed by atoms with E-state index < -0.39 is 11.3 Å². The highest BCUT2D eigenvalue weighted by Gasteiger charge is 2.50. The summed E-state index contributed by atoms with van der Waals surface area (Å²) < 4.78 is 11.6. The molecule has 0 aromatic heterocycles. The molecule has 1 heterocycles. The Labute approximate surface area is 139 Å². The van der Waals surface area contributed by atoms with Crippen molar-refractivity contribution >= 4 is 6.09 Å². The van der Waals surface area contributed by atoms with Crippen molar-refractivity contribution < 1.29 is 14.3 Å². The second-order valence-electron chi connectivity index (χ2n) is 7.37. The quantitative estimate of drug-likeness (QED) is 0.786. The van der Waals surface area contributed by atoms with Gasteiger partial charge in [0.15, 0.2) is 0 Å². The number of hydrogen-bond donors (Lipinski definition) is 0. The van der Waals surface area contributed by atoms with E-state index in [1.54, 1.807) is 11.0 Å². The lowest BCUT2D eigenvalue weighted by atomic mass is 10.0. The molecule has 1 saturated heterocycles. The molecule has 1 aliphatic heterocycles. The van der Waals surface area contributed by atoms with Gasteiger partial charge in [-0.05, 0) is 46.6 Å². The zero-order chi connectivity index (χ0) is 17.3. The van der Waals surface area contributed by atoms with Crippen LogP contribution in [0.5, 0.6) is 0 Å². The third kappa shape index (κ3) is 4.14. The van der Waals surface area contributed by atoms with Gasteiger partial charge < -0.3 is 9.47 Å². The van der Waals surface area contributed by atoms with Crippen molar-refractivity contribution in [3.8, 4) is 0 Å². The molecule has 0 aliphatic carbocycles.